The summed E-state index contributed by atoms with van der Waals surface area (Å²) in [7, 11) is 0. The van der Waals surface area contributed by atoms with Crippen molar-refractivity contribution in [1.82, 2.24) is 0 Å². The van der Waals surface area contributed by atoms with Crippen molar-refractivity contribution < 1.29 is 95.3 Å². The lowest BCUT2D eigenvalue weighted by Crippen LogP contribution is -2.09. The summed E-state index contributed by atoms with van der Waals surface area (Å²) in [5, 5.41) is 0. The Morgan fingerprint density at radius 3 is 0.565 bits per heavy atom. The van der Waals surface area contributed by atoms with Gasteiger partial charge >= 0.3 is 59.7 Å². The van der Waals surface area contributed by atoms with E-state index in [1.807, 2.05) is 0 Å². The van der Waals surface area contributed by atoms with Gasteiger partial charge in [-0.3, -0.25) is 47.9 Å². The van der Waals surface area contributed by atoms with Crippen LogP contribution in [0, 0.1) is 59.2 Å². The molecule has 0 aromatic heterocycles. The molecule has 0 radical (unpaired) electrons. The first-order chi connectivity index (χ1) is 54.1. The highest BCUT2D eigenvalue weighted by Crippen LogP contribution is 2.17. The maximum absolute atomic E-state index is 10.5. The first-order valence-corrected chi connectivity index (χ1v) is 45.4. The van der Waals surface area contributed by atoms with Crippen molar-refractivity contribution in [2.45, 2.75) is 432 Å². The second-order valence-corrected chi connectivity index (χ2v) is 32.3. The smallest absolute Gasteiger partial charge is 0.302 e. The van der Waals surface area contributed by atoms with E-state index in [0.29, 0.717) is 125 Å². The van der Waals surface area contributed by atoms with E-state index in [2.05, 4.69) is 138 Å². The lowest BCUT2D eigenvalue weighted by atomic mass is 10.00. The van der Waals surface area contributed by atoms with Gasteiger partial charge in [0.05, 0.1) is 66.1 Å². The molecule has 20 nitrogen and oxygen atoms in total. The molecule has 0 N–H and O–H groups in total. The van der Waals surface area contributed by atoms with Crippen LogP contribution in [0.3, 0.4) is 0 Å². The van der Waals surface area contributed by atoms with Crippen molar-refractivity contribution in [3.63, 3.8) is 0 Å². The van der Waals surface area contributed by atoms with E-state index in [0.717, 1.165) is 64.2 Å². The predicted molar refractivity (Wildman–Crippen MR) is 476 cm³/mol. The molecule has 0 aliphatic rings. The Bertz CT molecular complexity index is 2120. The monoisotopic (exact) mass is 1650 g/mol. The van der Waals surface area contributed by atoms with Gasteiger partial charge in [-0.2, -0.15) is 0 Å². The zero-order valence-electron chi connectivity index (χ0n) is 80.8. The minimum Gasteiger partial charge on any atom is -0.466 e. The van der Waals surface area contributed by atoms with E-state index in [4.69, 9.17) is 47.4 Å². The highest BCUT2D eigenvalue weighted by atomic mass is 16.6. The third-order valence-electron chi connectivity index (χ3n) is 17.9. The average Bonchev–Trinajstić information content (AvgIpc) is 1.08. The number of hydrogen-bond donors (Lipinski definition) is 0. The summed E-state index contributed by atoms with van der Waals surface area (Å²) in [5.74, 6) is 4.35. The van der Waals surface area contributed by atoms with E-state index in [-0.39, 0.29) is 59.7 Å². The lowest BCUT2D eigenvalue weighted by Gasteiger charge is -2.10. The van der Waals surface area contributed by atoms with Crippen LogP contribution in [0.15, 0.2) is 0 Å². The van der Waals surface area contributed by atoms with E-state index >= 15 is 0 Å². The summed E-state index contributed by atoms with van der Waals surface area (Å²) >= 11 is 0. The second kappa shape index (κ2) is 105. The Labute approximate surface area is 709 Å². The number of hydrogen-bond acceptors (Lipinski definition) is 20. The zero-order chi connectivity index (χ0) is 90.4. The fourth-order valence-electron chi connectivity index (χ4n) is 10.0. The van der Waals surface area contributed by atoms with Crippen LogP contribution >= 0.6 is 0 Å². The van der Waals surface area contributed by atoms with Crippen LogP contribution in [-0.2, 0) is 95.3 Å². The Balaban J connectivity index is -0.000000133. The van der Waals surface area contributed by atoms with Gasteiger partial charge in [0.2, 0.25) is 0 Å². The minimum atomic E-state index is -0.185. The normalized spacial score (nSPS) is 12.4. The molecule has 0 spiro atoms. The van der Waals surface area contributed by atoms with Crippen LogP contribution in [0.2, 0.25) is 0 Å². The predicted octanol–water partition coefficient (Wildman–Crippen LogP) is 25.7. The summed E-state index contributed by atoms with van der Waals surface area (Å²) in [4.78, 5) is 104. The Morgan fingerprint density at radius 1 is 0.174 bits per heavy atom. The van der Waals surface area contributed by atoms with Gasteiger partial charge in [-0.1, -0.05) is 299 Å². The molecule has 0 bridgehead atoms. The summed E-state index contributed by atoms with van der Waals surface area (Å²) < 4.78 is 48.4. The maximum atomic E-state index is 10.5. The molecule has 9 unspecified atom stereocenters. The molecule has 0 saturated heterocycles. The average molecular weight is 1650 g/mol. The van der Waals surface area contributed by atoms with Gasteiger partial charge in [-0.15, -0.1) is 0 Å². The molecule has 690 valence electrons. The van der Waals surface area contributed by atoms with E-state index in [1.54, 1.807) is 0 Å². The molecule has 20 heteroatoms. The van der Waals surface area contributed by atoms with Crippen LogP contribution in [0.5, 0.6) is 0 Å². The quantitative estimate of drug-likeness (QED) is 0.0311. The van der Waals surface area contributed by atoms with Crippen molar-refractivity contribution >= 4 is 59.7 Å². The number of carbonyl (C=O) groups excluding carboxylic acids is 10. The molecule has 0 amide bonds. The summed E-state index contributed by atoms with van der Waals surface area (Å²) in [6, 6.07) is 0. The molecule has 0 fully saturated rings. The molecular weight excluding hydrogens is 1460 g/mol. The molecular formula is C95H190O20. The highest BCUT2D eigenvalue weighted by Gasteiger charge is 2.10. The van der Waals surface area contributed by atoms with Gasteiger partial charge in [0.1, 0.15) is 0 Å². The summed E-state index contributed by atoms with van der Waals surface area (Å²) in [6.45, 7) is 63.6. The molecule has 0 saturated carbocycles. The Hall–Kier alpha value is -5.30. The Morgan fingerprint density at radius 2 is 0.348 bits per heavy atom. The van der Waals surface area contributed by atoms with Crippen molar-refractivity contribution in [1.29, 1.82) is 0 Å². The number of rotatable bonds is 55. The standard InChI is InChI=1S/C12H24O2.2C11H22O2.2C10H20O2.2C9H18O2.2C8H16O2.C7H14O2/c1-4-5-6-7-8-11(2)9-10-14-12(3)13;1-4-5-6-7-10(2)8-9-13-11(3)12;1-4-5-6-7-8-10(2)9-13-11(3)12;1-4-5-6-9(2)7-8-12-10(3)11;1-4-5-6-7-9(2)8-12-10(3)11;1-4-5-8(2)6-7-11-9(3)10;1-4-5-6-8(2)7-11-9(3)10;1-4-7(2)5-6-10-8(3)9;1-4-5-7(2)6-10-8(3)9;1-6(2)4-5-9-7(3)8/h11H,4-10H2,1-3H3;2*10H,4-9H2,1-3H3;2*9H,4-8H2,1-3H3;2*8H,4-7H2,1-3H3;2*7H,4-6H2,1-3H3;6H,4-5H2,1-3H3. The van der Waals surface area contributed by atoms with Crippen LogP contribution in [-0.4, -0.2) is 126 Å². The van der Waals surface area contributed by atoms with Gasteiger partial charge in [0, 0.05) is 69.2 Å². The first-order valence-electron chi connectivity index (χ1n) is 45.4. The summed E-state index contributed by atoms with van der Waals surface area (Å²) in [5.41, 5.74) is 0. The maximum Gasteiger partial charge on any atom is 0.302 e. The van der Waals surface area contributed by atoms with E-state index in [1.165, 1.54) is 230 Å². The topological polar surface area (TPSA) is 263 Å². The fraction of sp³-hybridized carbons (Fsp3) is 0.895. The minimum absolute atomic E-state index is 0.164. The van der Waals surface area contributed by atoms with E-state index in [9.17, 15) is 47.9 Å². The fourth-order valence-corrected chi connectivity index (χ4v) is 10.0. The van der Waals surface area contributed by atoms with Gasteiger partial charge in [0.15, 0.2) is 0 Å². The summed E-state index contributed by atoms with van der Waals surface area (Å²) in [6.07, 6.45) is 42.2. The van der Waals surface area contributed by atoms with Gasteiger partial charge in [-0.05, 0) is 123 Å². The number of ether oxygens (including phenoxy) is 10. The SMILES string of the molecule is CC(=O)OCCC(C)C.CCC(C)CCOC(C)=O.CCCC(C)CCOC(C)=O.CCCC(C)COC(C)=O.CCCCC(C)CCOC(C)=O.CCCCC(C)COC(C)=O.CCCCCC(C)CCOC(C)=O.CCCCCC(C)COC(C)=O.CCCCCCC(C)CCOC(C)=O.CCCCCCC(C)COC(C)=O. The van der Waals surface area contributed by atoms with Crippen molar-refractivity contribution in [2.24, 2.45) is 59.2 Å². The largest absolute Gasteiger partial charge is 0.466 e. The molecule has 0 aliphatic heterocycles. The molecule has 0 aromatic rings. The van der Waals surface area contributed by atoms with Crippen molar-refractivity contribution in [2.75, 3.05) is 66.1 Å². The second-order valence-electron chi connectivity index (χ2n) is 32.3. The zero-order valence-corrected chi connectivity index (χ0v) is 80.8. The van der Waals surface area contributed by atoms with Crippen LogP contribution in [0.4, 0.5) is 0 Å². The third-order valence-corrected chi connectivity index (χ3v) is 17.9. The first kappa shape index (κ1) is 130. The molecule has 115 heavy (non-hydrogen) atoms. The van der Waals surface area contributed by atoms with Crippen LogP contribution < -0.4 is 0 Å². The van der Waals surface area contributed by atoms with Crippen molar-refractivity contribution in [3.8, 4) is 0 Å². The molecule has 0 aliphatic carbocycles. The highest BCUT2D eigenvalue weighted by molar-refractivity contribution is 5.68. The van der Waals surface area contributed by atoms with Gasteiger partial charge in [0.25, 0.3) is 0 Å². The molecule has 0 heterocycles. The molecule has 0 rings (SSSR count). The van der Waals surface area contributed by atoms with E-state index < -0.39 is 0 Å². The molecule has 9 atom stereocenters. The third kappa shape index (κ3) is 157. The Kier molecular flexibility index (Phi) is 119. The lowest BCUT2D eigenvalue weighted by molar-refractivity contribution is -0.143. The van der Waals surface area contributed by atoms with Crippen LogP contribution in [0.25, 0.3) is 0 Å². The number of esters is 10. The van der Waals surface area contributed by atoms with Crippen molar-refractivity contribution in [3.05, 3.63) is 0 Å². The molecule has 0 aromatic carbocycles. The number of unbranched alkanes of at least 4 members (excludes halogenated alkanes) is 12. The van der Waals surface area contributed by atoms with Gasteiger partial charge < -0.3 is 47.4 Å². The van der Waals surface area contributed by atoms with Crippen LogP contribution in [0.1, 0.15) is 432 Å². The van der Waals surface area contributed by atoms with Gasteiger partial charge in [-0.25, -0.2) is 0 Å². The number of carbonyl (C=O) groups is 10.